The van der Waals surface area contributed by atoms with E-state index in [0.29, 0.717) is 17.4 Å². The summed E-state index contributed by atoms with van der Waals surface area (Å²) in [4.78, 5) is 10.7. The van der Waals surface area contributed by atoms with Gasteiger partial charge in [-0.1, -0.05) is 0 Å². The Bertz CT molecular complexity index is 350. The summed E-state index contributed by atoms with van der Waals surface area (Å²) in [5.74, 6) is -0.107. The van der Waals surface area contributed by atoms with Gasteiger partial charge in [-0.3, -0.25) is 10.1 Å². The van der Waals surface area contributed by atoms with Crippen LogP contribution in [0.25, 0.3) is 0 Å². The summed E-state index contributed by atoms with van der Waals surface area (Å²) in [5.41, 5.74) is 0. The molecule has 2 N–H and O–H groups in total. The van der Waals surface area contributed by atoms with Crippen LogP contribution in [0.2, 0.25) is 5.22 Å². The average Bonchev–Trinajstić information content (AvgIpc) is 2.70. The van der Waals surface area contributed by atoms with Gasteiger partial charge in [-0.15, -0.1) is 0 Å². The Morgan fingerprint density at radius 2 is 2.36 bits per heavy atom. The molecule has 1 aromatic rings. The summed E-state index contributed by atoms with van der Waals surface area (Å²) in [6, 6.07) is 2.93. The molecule has 76 valence electrons. The van der Waals surface area contributed by atoms with Crippen LogP contribution in [-0.2, 0) is 4.79 Å². The largest absolute Gasteiger partial charge is 0.480 e. The second kappa shape index (κ2) is 3.63. The summed E-state index contributed by atoms with van der Waals surface area (Å²) >= 11 is 5.63. The molecular weight excluding hydrogens is 206 g/mol. The number of rotatable bonds is 2. The van der Waals surface area contributed by atoms with Gasteiger partial charge in [-0.25, -0.2) is 0 Å². The zero-order valence-electron chi connectivity index (χ0n) is 7.37. The second-order valence-corrected chi connectivity index (χ2v) is 3.70. The fourth-order valence-electron chi connectivity index (χ4n) is 1.68. The standard InChI is InChI=1S/C9H10ClNO3/c10-8-4-3-7(14-8)5-1-2-6(11-5)9(12)13/h3-6,11H,1-2H2,(H,12,13)/t5-,6-/m1/s1. The van der Waals surface area contributed by atoms with Gasteiger partial charge in [0.25, 0.3) is 0 Å². The molecule has 2 rings (SSSR count). The molecule has 0 aliphatic carbocycles. The third-order valence-corrected chi connectivity index (χ3v) is 2.59. The Morgan fingerprint density at radius 3 is 2.86 bits per heavy atom. The van der Waals surface area contributed by atoms with Gasteiger partial charge < -0.3 is 9.52 Å². The Balaban J connectivity index is 2.05. The lowest BCUT2D eigenvalue weighted by Crippen LogP contribution is -2.31. The summed E-state index contributed by atoms with van der Waals surface area (Å²) in [6.07, 6.45) is 1.39. The summed E-state index contributed by atoms with van der Waals surface area (Å²) in [7, 11) is 0. The SMILES string of the molecule is O=C(O)[C@H]1CC[C@H](c2ccc(Cl)o2)N1. The second-order valence-electron chi connectivity index (χ2n) is 3.33. The van der Waals surface area contributed by atoms with Crippen molar-refractivity contribution in [2.24, 2.45) is 0 Å². The van der Waals surface area contributed by atoms with E-state index in [4.69, 9.17) is 21.1 Å². The molecule has 1 fully saturated rings. The van der Waals surface area contributed by atoms with E-state index >= 15 is 0 Å². The quantitative estimate of drug-likeness (QED) is 0.790. The first kappa shape index (κ1) is 9.55. The topological polar surface area (TPSA) is 62.5 Å². The smallest absolute Gasteiger partial charge is 0.320 e. The molecule has 2 heterocycles. The molecule has 1 aliphatic heterocycles. The number of nitrogens with one attached hydrogen (secondary N) is 1. The van der Waals surface area contributed by atoms with Crippen LogP contribution in [0.15, 0.2) is 16.5 Å². The maximum atomic E-state index is 10.7. The minimum Gasteiger partial charge on any atom is -0.480 e. The maximum absolute atomic E-state index is 10.7. The zero-order valence-corrected chi connectivity index (χ0v) is 8.12. The highest BCUT2D eigenvalue weighted by molar-refractivity contribution is 6.28. The minimum absolute atomic E-state index is 0.0244. The normalized spacial score (nSPS) is 26.6. The van der Waals surface area contributed by atoms with E-state index in [0.717, 1.165) is 6.42 Å². The molecule has 1 aromatic heterocycles. The number of hydrogen-bond donors (Lipinski definition) is 2. The number of aliphatic carboxylic acids is 1. The van der Waals surface area contributed by atoms with Gasteiger partial charge >= 0.3 is 5.97 Å². The van der Waals surface area contributed by atoms with Crippen molar-refractivity contribution in [2.45, 2.75) is 24.9 Å². The van der Waals surface area contributed by atoms with Crippen molar-refractivity contribution in [3.63, 3.8) is 0 Å². The third kappa shape index (κ3) is 1.76. The van der Waals surface area contributed by atoms with Crippen LogP contribution in [0.3, 0.4) is 0 Å². The summed E-state index contributed by atoms with van der Waals surface area (Å²) in [6.45, 7) is 0. The molecule has 14 heavy (non-hydrogen) atoms. The molecule has 0 radical (unpaired) electrons. The molecule has 0 spiro atoms. The average molecular weight is 216 g/mol. The van der Waals surface area contributed by atoms with E-state index in [-0.39, 0.29) is 6.04 Å². The predicted octanol–water partition coefficient (Wildman–Crippen LogP) is 1.81. The van der Waals surface area contributed by atoms with E-state index in [2.05, 4.69) is 5.32 Å². The molecule has 4 nitrogen and oxygen atoms in total. The number of carboxylic acids is 1. The van der Waals surface area contributed by atoms with Gasteiger partial charge in [0.15, 0.2) is 5.22 Å². The van der Waals surface area contributed by atoms with Crippen LogP contribution in [0.5, 0.6) is 0 Å². The van der Waals surface area contributed by atoms with Crippen LogP contribution in [0, 0.1) is 0 Å². The molecule has 0 bridgehead atoms. The molecule has 0 aromatic carbocycles. The first-order chi connectivity index (χ1) is 6.66. The first-order valence-corrected chi connectivity index (χ1v) is 4.78. The van der Waals surface area contributed by atoms with Gasteiger partial charge in [-0.2, -0.15) is 0 Å². The van der Waals surface area contributed by atoms with Gasteiger partial charge in [-0.05, 0) is 36.6 Å². The summed E-state index contributed by atoms with van der Waals surface area (Å²) < 4.78 is 5.21. The zero-order chi connectivity index (χ0) is 10.1. The van der Waals surface area contributed by atoms with Crippen molar-refractivity contribution in [1.29, 1.82) is 0 Å². The Hall–Kier alpha value is -1.00. The number of hydrogen-bond acceptors (Lipinski definition) is 3. The number of furan rings is 1. The molecule has 1 aliphatic rings. The molecule has 5 heteroatoms. The van der Waals surface area contributed by atoms with Crippen LogP contribution >= 0.6 is 11.6 Å². The molecule has 0 amide bonds. The molecule has 1 saturated heterocycles. The number of halogens is 1. The highest BCUT2D eigenvalue weighted by Gasteiger charge is 2.31. The summed E-state index contributed by atoms with van der Waals surface area (Å²) in [5, 5.41) is 12.1. The predicted molar refractivity (Wildman–Crippen MR) is 50.3 cm³/mol. The first-order valence-electron chi connectivity index (χ1n) is 4.41. The molecule has 0 saturated carbocycles. The van der Waals surface area contributed by atoms with Crippen molar-refractivity contribution in [2.75, 3.05) is 0 Å². The van der Waals surface area contributed by atoms with Crippen LogP contribution in [0.4, 0.5) is 0 Å². The van der Waals surface area contributed by atoms with E-state index in [1.165, 1.54) is 0 Å². The van der Waals surface area contributed by atoms with E-state index in [9.17, 15) is 4.79 Å². The lowest BCUT2D eigenvalue weighted by molar-refractivity contribution is -0.139. The molecule has 0 unspecified atom stereocenters. The highest BCUT2D eigenvalue weighted by atomic mass is 35.5. The van der Waals surface area contributed by atoms with Crippen molar-refractivity contribution in [3.8, 4) is 0 Å². The maximum Gasteiger partial charge on any atom is 0.320 e. The van der Waals surface area contributed by atoms with E-state index in [1.54, 1.807) is 12.1 Å². The Labute approximate surface area is 85.9 Å². The fourth-order valence-corrected chi connectivity index (χ4v) is 1.83. The number of carbonyl (C=O) groups is 1. The molecule has 2 atom stereocenters. The van der Waals surface area contributed by atoms with Crippen molar-refractivity contribution in [1.82, 2.24) is 5.32 Å². The lowest BCUT2D eigenvalue weighted by atomic mass is 10.1. The van der Waals surface area contributed by atoms with Gasteiger partial charge in [0.2, 0.25) is 0 Å². The van der Waals surface area contributed by atoms with Gasteiger partial charge in [0.05, 0.1) is 6.04 Å². The third-order valence-electron chi connectivity index (χ3n) is 2.38. The lowest BCUT2D eigenvalue weighted by Gasteiger charge is -2.08. The fraction of sp³-hybridized carbons (Fsp3) is 0.444. The highest BCUT2D eigenvalue weighted by Crippen LogP contribution is 2.29. The number of carboxylic acid groups (broad SMARTS) is 1. The monoisotopic (exact) mass is 215 g/mol. The van der Waals surface area contributed by atoms with Gasteiger partial charge in [0.1, 0.15) is 11.8 Å². The van der Waals surface area contributed by atoms with E-state index in [1.807, 2.05) is 0 Å². The van der Waals surface area contributed by atoms with Crippen molar-refractivity contribution >= 4 is 17.6 Å². The van der Waals surface area contributed by atoms with Crippen molar-refractivity contribution in [3.05, 3.63) is 23.1 Å². The van der Waals surface area contributed by atoms with Gasteiger partial charge in [0, 0.05) is 0 Å². The Kier molecular flexibility index (Phi) is 2.48. The van der Waals surface area contributed by atoms with Crippen LogP contribution in [-0.4, -0.2) is 17.1 Å². The van der Waals surface area contributed by atoms with Crippen LogP contribution in [0.1, 0.15) is 24.6 Å². The minimum atomic E-state index is -0.815. The molecular formula is C9H10ClNO3. The van der Waals surface area contributed by atoms with E-state index < -0.39 is 12.0 Å². The Morgan fingerprint density at radius 1 is 1.57 bits per heavy atom. The van der Waals surface area contributed by atoms with Crippen molar-refractivity contribution < 1.29 is 14.3 Å². The van der Waals surface area contributed by atoms with Crippen LogP contribution < -0.4 is 5.32 Å².